The number of benzene rings is 1. The molecular weight excluding hydrogens is 226 g/mol. The summed E-state index contributed by atoms with van der Waals surface area (Å²) in [6, 6.07) is 4.47. The van der Waals surface area contributed by atoms with Crippen molar-refractivity contribution in [1.29, 1.82) is 0 Å². The first-order chi connectivity index (χ1) is 8.45. The fourth-order valence-electron chi connectivity index (χ4n) is 3.15. The van der Waals surface area contributed by atoms with Crippen molar-refractivity contribution in [3.05, 3.63) is 23.3 Å². The standard InChI is InChI=1S/C15H21NO2/c1-8-5-9-6-12(17-4)10(7-11(9)18-8)13-14(16)15(13,2)3/h6-8,13-14H,5,16H2,1-4H3. The topological polar surface area (TPSA) is 44.5 Å². The Kier molecular flexibility index (Phi) is 2.39. The second kappa shape index (κ2) is 3.64. The van der Waals surface area contributed by atoms with Gasteiger partial charge in [-0.05, 0) is 24.5 Å². The van der Waals surface area contributed by atoms with Crippen LogP contribution in [0.5, 0.6) is 11.5 Å². The lowest BCUT2D eigenvalue weighted by Gasteiger charge is -2.12. The van der Waals surface area contributed by atoms with Gasteiger partial charge in [0, 0.05) is 29.5 Å². The van der Waals surface area contributed by atoms with Crippen LogP contribution in [0.25, 0.3) is 0 Å². The van der Waals surface area contributed by atoms with Crippen molar-refractivity contribution in [3.8, 4) is 11.5 Å². The average Bonchev–Trinajstić information content (AvgIpc) is 2.66. The van der Waals surface area contributed by atoms with E-state index in [1.165, 1.54) is 11.1 Å². The molecule has 18 heavy (non-hydrogen) atoms. The summed E-state index contributed by atoms with van der Waals surface area (Å²) in [5.74, 6) is 2.34. The number of hydrogen-bond donors (Lipinski definition) is 1. The third-order valence-electron chi connectivity index (χ3n) is 4.49. The highest BCUT2D eigenvalue weighted by Gasteiger charge is 2.57. The van der Waals surface area contributed by atoms with Gasteiger partial charge in [-0.1, -0.05) is 13.8 Å². The summed E-state index contributed by atoms with van der Waals surface area (Å²) in [5.41, 5.74) is 8.78. The third-order valence-corrected chi connectivity index (χ3v) is 4.49. The van der Waals surface area contributed by atoms with Crippen LogP contribution in [0.4, 0.5) is 0 Å². The van der Waals surface area contributed by atoms with E-state index in [4.69, 9.17) is 15.2 Å². The zero-order valence-corrected chi connectivity index (χ0v) is 11.5. The fourth-order valence-corrected chi connectivity index (χ4v) is 3.15. The molecule has 3 heteroatoms. The van der Waals surface area contributed by atoms with E-state index in [-0.39, 0.29) is 17.6 Å². The maximum atomic E-state index is 6.18. The first kappa shape index (κ1) is 11.8. The Balaban J connectivity index is 2.03. The molecule has 1 aromatic carbocycles. The molecular formula is C15H21NO2. The predicted molar refractivity (Wildman–Crippen MR) is 71.3 cm³/mol. The van der Waals surface area contributed by atoms with Gasteiger partial charge in [0.2, 0.25) is 0 Å². The van der Waals surface area contributed by atoms with E-state index < -0.39 is 0 Å². The molecule has 3 atom stereocenters. The first-order valence-electron chi connectivity index (χ1n) is 6.58. The van der Waals surface area contributed by atoms with Gasteiger partial charge in [-0.2, -0.15) is 0 Å². The van der Waals surface area contributed by atoms with Gasteiger partial charge in [0.05, 0.1) is 7.11 Å². The maximum absolute atomic E-state index is 6.18. The highest BCUT2D eigenvalue weighted by Crippen LogP contribution is 2.60. The molecule has 0 aromatic heterocycles. The molecule has 1 heterocycles. The highest BCUT2D eigenvalue weighted by atomic mass is 16.5. The Morgan fingerprint density at radius 3 is 2.61 bits per heavy atom. The van der Waals surface area contributed by atoms with Gasteiger partial charge in [-0.25, -0.2) is 0 Å². The van der Waals surface area contributed by atoms with Gasteiger partial charge in [0.15, 0.2) is 0 Å². The number of methoxy groups -OCH3 is 1. The number of rotatable bonds is 2. The third kappa shape index (κ3) is 1.53. The molecule has 0 radical (unpaired) electrons. The number of fused-ring (bicyclic) bond motifs is 1. The molecule has 3 nitrogen and oxygen atoms in total. The van der Waals surface area contributed by atoms with Crippen molar-refractivity contribution in [2.45, 2.75) is 45.3 Å². The largest absolute Gasteiger partial charge is 0.496 e. The lowest BCUT2D eigenvalue weighted by molar-refractivity contribution is 0.254. The molecule has 1 saturated carbocycles. The minimum absolute atomic E-state index is 0.158. The molecule has 1 aliphatic heterocycles. The summed E-state index contributed by atoms with van der Waals surface area (Å²) >= 11 is 0. The second-order valence-electron chi connectivity index (χ2n) is 6.16. The lowest BCUT2D eigenvalue weighted by atomic mass is 9.99. The van der Waals surface area contributed by atoms with Gasteiger partial charge in [0.1, 0.15) is 17.6 Å². The van der Waals surface area contributed by atoms with Crippen molar-refractivity contribution >= 4 is 0 Å². The average molecular weight is 247 g/mol. The summed E-state index contributed by atoms with van der Waals surface area (Å²) < 4.78 is 11.4. The maximum Gasteiger partial charge on any atom is 0.123 e. The van der Waals surface area contributed by atoms with Gasteiger partial charge >= 0.3 is 0 Å². The quantitative estimate of drug-likeness (QED) is 0.873. The van der Waals surface area contributed by atoms with Crippen LogP contribution in [0.3, 0.4) is 0 Å². The summed E-state index contributed by atoms with van der Waals surface area (Å²) in [6.45, 7) is 6.51. The summed E-state index contributed by atoms with van der Waals surface area (Å²) in [6.07, 6.45) is 1.23. The first-order valence-corrected chi connectivity index (χ1v) is 6.58. The van der Waals surface area contributed by atoms with Crippen LogP contribution >= 0.6 is 0 Å². The van der Waals surface area contributed by atoms with Gasteiger partial charge in [-0.15, -0.1) is 0 Å². The van der Waals surface area contributed by atoms with Crippen LogP contribution in [0, 0.1) is 5.41 Å². The Morgan fingerprint density at radius 2 is 2.06 bits per heavy atom. The number of nitrogens with two attached hydrogens (primary N) is 1. The van der Waals surface area contributed by atoms with Gasteiger partial charge < -0.3 is 15.2 Å². The smallest absolute Gasteiger partial charge is 0.123 e. The molecule has 1 fully saturated rings. The Morgan fingerprint density at radius 1 is 1.39 bits per heavy atom. The zero-order valence-electron chi connectivity index (χ0n) is 11.5. The minimum Gasteiger partial charge on any atom is -0.496 e. The predicted octanol–water partition coefficient (Wildman–Crippen LogP) is 2.47. The molecule has 0 amide bonds. The number of hydrogen-bond acceptors (Lipinski definition) is 3. The van der Waals surface area contributed by atoms with Crippen molar-refractivity contribution in [2.24, 2.45) is 11.1 Å². The molecule has 3 unspecified atom stereocenters. The van der Waals surface area contributed by atoms with Crippen molar-refractivity contribution < 1.29 is 9.47 Å². The van der Waals surface area contributed by atoms with E-state index >= 15 is 0 Å². The van der Waals surface area contributed by atoms with Crippen LogP contribution in [-0.4, -0.2) is 19.3 Å². The van der Waals surface area contributed by atoms with Crippen molar-refractivity contribution in [1.82, 2.24) is 0 Å². The Bertz CT molecular complexity index is 496. The van der Waals surface area contributed by atoms with Gasteiger partial charge in [-0.3, -0.25) is 0 Å². The zero-order chi connectivity index (χ0) is 13.1. The monoisotopic (exact) mass is 247 g/mol. The van der Waals surface area contributed by atoms with E-state index in [2.05, 4.69) is 32.9 Å². The normalized spacial score (nSPS) is 31.7. The van der Waals surface area contributed by atoms with E-state index in [0.29, 0.717) is 5.92 Å². The molecule has 1 aliphatic carbocycles. The molecule has 1 aromatic rings. The molecule has 2 aliphatic rings. The molecule has 2 N–H and O–H groups in total. The van der Waals surface area contributed by atoms with E-state index in [0.717, 1.165) is 17.9 Å². The van der Waals surface area contributed by atoms with Crippen LogP contribution in [-0.2, 0) is 6.42 Å². The number of ether oxygens (including phenoxy) is 2. The van der Waals surface area contributed by atoms with Crippen LogP contribution in [0.1, 0.15) is 37.8 Å². The SMILES string of the molecule is COc1cc2c(cc1C1C(N)C1(C)C)OC(C)C2. The van der Waals surface area contributed by atoms with E-state index in [1.54, 1.807) is 7.11 Å². The molecule has 3 rings (SSSR count). The lowest BCUT2D eigenvalue weighted by Crippen LogP contribution is -2.06. The van der Waals surface area contributed by atoms with Crippen molar-refractivity contribution in [3.63, 3.8) is 0 Å². The minimum atomic E-state index is 0.158. The Labute approximate surface area is 108 Å². The molecule has 0 spiro atoms. The Hall–Kier alpha value is -1.22. The fraction of sp³-hybridized carbons (Fsp3) is 0.600. The van der Waals surface area contributed by atoms with Crippen LogP contribution in [0.2, 0.25) is 0 Å². The van der Waals surface area contributed by atoms with Crippen LogP contribution in [0.15, 0.2) is 12.1 Å². The summed E-state index contributed by atoms with van der Waals surface area (Å²) in [5, 5.41) is 0. The summed E-state index contributed by atoms with van der Waals surface area (Å²) in [7, 11) is 1.73. The molecule has 0 saturated heterocycles. The second-order valence-corrected chi connectivity index (χ2v) is 6.16. The van der Waals surface area contributed by atoms with E-state index in [1.807, 2.05) is 0 Å². The van der Waals surface area contributed by atoms with E-state index in [9.17, 15) is 0 Å². The molecule has 0 bridgehead atoms. The van der Waals surface area contributed by atoms with Gasteiger partial charge in [0.25, 0.3) is 0 Å². The highest BCUT2D eigenvalue weighted by molar-refractivity contribution is 5.53. The van der Waals surface area contributed by atoms with Crippen LogP contribution < -0.4 is 15.2 Å². The molecule has 98 valence electrons. The van der Waals surface area contributed by atoms with Crippen molar-refractivity contribution in [2.75, 3.05) is 7.11 Å². The summed E-state index contributed by atoms with van der Waals surface area (Å²) in [4.78, 5) is 0.